The molecule has 5 nitrogen and oxygen atoms in total. The highest BCUT2D eigenvalue weighted by Gasteiger charge is 2.17. The zero-order valence-electron chi connectivity index (χ0n) is 10.8. The van der Waals surface area contributed by atoms with Gasteiger partial charge in [0.05, 0.1) is 12.7 Å². The highest BCUT2D eigenvalue weighted by molar-refractivity contribution is 5.95. The molecule has 0 spiro atoms. The second kappa shape index (κ2) is 6.54. The molecule has 1 aromatic rings. The Balaban J connectivity index is 1.91. The maximum absolute atomic E-state index is 11.9. The summed E-state index contributed by atoms with van der Waals surface area (Å²) in [5.41, 5.74) is 1.49. The van der Waals surface area contributed by atoms with E-state index >= 15 is 0 Å². The molecule has 2 rings (SSSR count). The molecule has 0 heterocycles. The minimum Gasteiger partial charge on any atom is -0.394 e. The Morgan fingerprint density at radius 1 is 1.42 bits per heavy atom. The van der Waals surface area contributed by atoms with Crippen molar-refractivity contribution in [2.24, 2.45) is 0 Å². The number of rotatable bonds is 6. The molecule has 1 aromatic carbocycles. The van der Waals surface area contributed by atoms with Crippen molar-refractivity contribution in [3.05, 3.63) is 29.8 Å². The summed E-state index contributed by atoms with van der Waals surface area (Å²) >= 11 is 0. The molecule has 1 atom stereocenters. The molecule has 0 radical (unpaired) electrons. The molecule has 0 aliphatic heterocycles. The molecule has 0 aromatic heterocycles. The van der Waals surface area contributed by atoms with Crippen LogP contribution in [0, 0.1) is 0 Å². The number of anilines is 1. The number of hydrogen-bond donors (Lipinski definition) is 4. The molecular weight excluding hydrogens is 244 g/mol. The van der Waals surface area contributed by atoms with Gasteiger partial charge in [-0.1, -0.05) is 6.07 Å². The zero-order chi connectivity index (χ0) is 13.7. The monoisotopic (exact) mass is 264 g/mol. The summed E-state index contributed by atoms with van der Waals surface area (Å²) < 4.78 is 0. The first-order valence-electron chi connectivity index (χ1n) is 6.63. The summed E-state index contributed by atoms with van der Waals surface area (Å²) in [7, 11) is 0. The SMILES string of the molecule is O=C(NC[C@@H](O)CO)c1cccc(NC2CCC2)c1. The minimum atomic E-state index is -0.916. The molecular formula is C14H20N2O3. The van der Waals surface area contributed by atoms with E-state index in [1.165, 1.54) is 19.3 Å². The predicted molar refractivity (Wildman–Crippen MR) is 73.1 cm³/mol. The van der Waals surface area contributed by atoms with Gasteiger partial charge >= 0.3 is 0 Å². The van der Waals surface area contributed by atoms with Crippen LogP contribution in [0.5, 0.6) is 0 Å². The lowest BCUT2D eigenvalue weighted by Crippen LogP contribution is -2.34. The Labute approximate surface area is 112 Å². The van der Waals surface area contributed by atoms with Gasteiger partial charge in [-0.2, -0.15) is 0 Å². The van der Waals surface area contributed by atoms with Crippen LogP contribution in [0.1, 0.15) is 29.6 Å². The molecule has 4 N–H and O–H groups in total. The largest absolute Gasteiger partial charge is 0.394 e. The first kappa shape index (κ1) is 13.8. The molecule has 0 bridgehead atoms. The Morgan fingerprint density at radius 3 is 2.84 bits per heavy atom. The molecule has 1 aliphatic rings. The van der Waals surface area contributed by atoms with Crippen LogP contribution in [0.2, 0.25) is 0 Å². The van der Waals surface area contributed by atoms with Crippen LogP contribution < -0.4 is 10.6 Å². The van der Waals surface area contributed by atoms with Gasteiger partial charge in [-0.15, -0.1) is 0 Å². The second-order valence-electron chi connectivity index (χ2n) is 4.90. The van der Waals surface area contributed by atoms with E-state index in [0.717, 1.165) is 5.69 Å². The van der Waals surface area contributed by atoms with Crippen molar-refractivity contribution in [3.8, 4) is 0 Å². The summed E-state index contributed by atoms with van der Waals surface area (Å²) in [6.45, 7) is -0.306. The molecule has 1 saturated carbocycles. The third-order valence-electron chi connectivity index (χ3n) is 3.31. The third-order valence-corrected chi connectivity index (χ3v) is 3.31. The van der Waals surface area contributed by atoms with Gasteiger partial charge in [-0.05, 0) is 37.5 Å². The Bertz CT molecular complexity index is 432. The topological polar surface area (TPSA) is 81.6 Å². The lowest BCUT2D eigenvalue weighted by Gasteiger charge is -2.27. The van der Waals surface area contributed by atoms with Crippen molar-refractivity contribution in [1.29, 1.82) is 0 Å². The van der Waals surface area contributed by atoms with E-state index in [1.807, 2.05) is 12.1 Å². The summed E-state index contributed by atoms with van der Waals surface area (Å²) in [4.78, 5) is 11.9. The van der Waals surface area contributed by atoms with Crippen LogP contribution in [0.4, 0.5) is 5.69 Å². The van der Waals surface area contributed by atoms with Crippen LogP contribution in [0.15, 0.2) is 24.3 Å². The Morgan fingerprint density at radius 2 is 2.21 bits per heavy atom. The van der Waals surface area contributed by atoms with E-state index in [1.54, 1.807) is 12.1 Å². The average molecular weight is 264 g/mol. The van der Waals surface area contributed by atoms with E-state index in [9.17, 15) is 9.90 Å². The van der Waals surface area contributed by atoms with Crippen molar-refractivity contribution in [2.75, 3.05) is 18.5 Å². The maximum Gasteiger partial charge on any atom is 0.251 e. The number of benzene rings is 1. The van der Waals surface area contributed by atoms with Crippen molar-refractivity contribution in [3.63, 3.8) is 0 Å². The molecule has 0 unspecified atom stereocenters. The second-order valence-corrected chi connectivity index (χ2v) is 4.90. The lowest BCUT2D eigenvalue weighted by atomic mass is 9.93. The van der Waals surface area contributed by atoms with E-state index in [-0.39, 0.29) is 19.1 Å². The predicted octanol–water partition coefficient (Wildman–Crippen LogP) is 0.734. The highest BCUT2D eigenvalue weighted by Crippen LogP contribution is 2.23. The number of hydrogen-bond acceptors (Lipinski definition) is 4. The molecule has 1 amide bonds. The number of amides is 1. The van der Waals surface area contributed by atoms with Crippen molar-refractivity contribution in [2.45, 2.75) is 31.4 Å². The average Bonchev–Trinajstić information content (AvgIpc) is 2.40. The fraction of sp³-hybridized carbons (Fsp3) is 0.500. The molecule has 5 heteroatoms. The molecule has 0 saturated heterocycles. The van der Waals surface area contributed by atoms with Gasteiger partial charge in [0.15, 0.2) is 0 Å². The fourth-order valence-corrected chi connectivity index (χ4v) is 1.92. The van der Waals surface area contributed by atoms with Gasteiger partial charge in [0.25, 0.3) is 5.91 Å². The summed E-state index contributed by atoms with van der Waals surface area (Å²) in [5, 5.41) is 23.8. The molecule has 19 heavy (non-hydrogen) atoms. The van der Waals surface area contributed by atoms with Crippen LogP contribution >= 0.6 is 0 Å². The number of carbonyl (C=O) groups is 1. The van der Waals surface area contributed by atoms with Crippen molar-refractivity contribution >= 4 is 11.6 Å². The quantitative estimate of drug-likeness (QED) is 0.610. The first-order valence-corrected chi connectivity index (χ1v) is 6.63. The number of carbonyl (C=O) groups excluding carboxylic acids is 1. The maximum atomic E-state index is 11.9. The van der Waals surface area contributed by atoms with Crippen LogP contribution in [0.3, 0.4) is 0 Å². The van der Waals surface area contributed by atoms with Crippen LogP contribution in [-0.2, 0) is 0 Å². The van der Waals surface area contributed by atoms with E-state index in [0.29, 0.717) is 11.6 Å². The molecule has 1 fully saturated rings. The Hall–Kier alpha value is -1.59. The minimum absolute atomic E-state index is 0.0512. The van der Waals surface area contributed by atoms with Gasteiger partial charge in [0, 0.05) is 23.8 Å². The Kier molecular flexibility index (Phi) is 4.76. The van der Waals surface area contributed by atoms with Crippen LogP contribution in [-0.4, -0.2) is 41.4 Å². The fourth-order valence-electron chi connectivity index (χ4n) is 1.92. The number of aliphatic hydroxyl groups excluding tert-OH is 2. The summed E-state index contributed by atoms with van der Waals surface area (Å²) in [6, 6.07) is 7.83. The third kappa shape index (κ3) is 3.94. The normalized spacial score (nSPS) is 16.5. The summed E-state index contributed by atoms with van der Waals surface area (Å²) in [5.74, 6) is -0.246. The smallest absolute Gasteiger partial charge is 0.251 e. The first-order chi connectivity index (χ1) is 9.19. The number of nitrogens with one attached hydrogen (secondary N) is 2. The van der Waals surface area contributed by atoms with Crippen LogP contribution in [0.25, 0.3) is 0 Å². The molecule has 104 valence electrons. The number of aliphatic hydroxyl groups is 2. The van der Waals surface area contributed by atoms with Gasteiger partial charge in [-0.3, -0.25) is 4.79 Å². The van der Waals surface area contributed by atoms with E-state index in [2.05, 4.69) is 10.6 Å². The van der Waals surface area contributed by atoms with Crippen molar-refractivity contribution < 1.29 is 15.0 Å². The standard InChI is InChI=1S/C14H20N2O3/c17-9-13(18)8-15-14(19)10-3-1-6-12(7-10)16-11-4-2-5-11/h1,3,6-7,11,13,16-18H,2,4-5,8-9H2,(H,15,19)/t13-/m1/s1. The van der Waals surface area contributed by atoms with Crippen molar-refractivity contribution in [1.82, 2.24) is 5.32 Å². The van der Waals surface area contributed by atoms with Gasteiger partial charge < -0.3 is 20.8 Å². The summed E-state index contributed by atoms with van der Waals surface area (Å²) in [6.07, 6.45) is 2.70. The van der Waals surface area contributed by atoms with Gasteiger partial charge in [-0.25, -0.2) is 0 Å². The van der Waals surface area contributed by atoms with E-state index < -0.39 is 6.10 Å². The van der Waals surface area contributed by atoms with E-state index in [4.69, 9.17) is 5.11 Å². The lowest BCUT2D eigenvalue weighted by molar-refractivity contribution is 0.0802. The molecule has 1 aliphatic carbocycles. The highest BCUT2D eigenvalue weighted by atomic mass is 16.3. The van der Waals surface area contributed by atoms with Gasteiger partial charge in [0.2, 0.25) is 0 Å². The zero-order valence-corrected chi connectivity index (χ0v) is 10.8. The van der Waals surface area contributed by atoms with Gasteiger partial charge in [0.1, 0.15) is 0 Å².